The smallest absolute Gasteiger partial charge is 0.243 e. The van der Waals surface area contributed by atoms with Crippen molar-refractivity contribution in [3.05, 3.63) is 67.0 Å². The highest BCUT2D eigenvalue weighted by molar-refractivity contribution is 7.89. The number of nitrogens with zero attached hydrogens (tertiary/aromatic N) is 3. The molecule has 0 saturated carbocycles. The summed E-state index contributed by atoms with van der Waals surface area (Å²) < 4.78 is 35.2. The molecule has 0 atom stereocenters. The van der Waals surface area contributed by atoms with Gasteiger partial charge in [0.2, 0.25) is 10.0 Å². The Labute approximate surface area is 171 Å². The molecule has 0 unspecified atom stereocenters. The maximum atomic E-state index is 12.8. The minimum atomic E-state index is -3.61. The Morgan fingerprint density at radius 3 is 2.34 bits per heavy atom. The summed E-state index contributed by atoms with van der Waals surface area (Å²) in [5, 5.41) is 4.19. The number of benzene rings is 2. The van der Waals surface area contributed by atoms with Crippen LogP contribution < -0.4 is 14.4 Å². The average molecular weight is 413 g/mol. The van der Waals surface area contributed by atoms with Gasteiger partial charge >= 0.3 is 0 Å². The summed E-state index contributed by atoms with van der Waals surface area (Å²) in [5.41, 5.74) is 1.94. The number of aromatic nitrogens is 2. The van der Waals surface area contributed by atoms with Gasteiger partial charge < -0.3 is 9.64 Å². The second kappa shape index (κ2) is 8.26. The quantitative estimate of drug-likeness (QED) is 0.674. The summed E-state index contributed by atoms with van der Waals surface area (Å²) in [6.07, 6.45) is 4.43. The number of para-hydroxylation sites is 1. The van der Waals surface area contributed by atoms with Crippen molar-refractivity contribution in [2.75, 3.05) is 25.1 Å². The molecule has 0 bridgehead atoms. The van der Waals surface area contributed by atoms with E-state index in [1.165, 1.54) is 6.20 Å². The molecule has 4 rings (SSSR count). The van der Waals surface area contributed by atoms with Crippen LogP contribution in [0, 0.1) is 0 Å². The van der Waals surface area contributed by atoms with Crippen LogP contribution in [0.25, 0.3) is 5.69 Å². The van der Waals surface area contributed by atoms with Gasteiger partial charge in [-0.3, -0.25) is 0 Å². The lowest BCUT2D eigenvalue weighted by atomic mass is 10.1. The van der Waals surface area contributed by atoms with Gasteiger partial charge in [-0.05, 0) is 49.2 Å². The molecule has 1 fully saturated rings. The SMILES string of the molecule is COc1ccc(N2CCC(NS(=O)(=O)c3cnn(-c4ccccc4)c3)CC2)cc1. The molecule has 2 heterocycles. The predicted molar refractivity (Wildman–Crippen MR) is 112 cm³/mol. The zero-order valence-corrected chi connectivity index (χ0v) is 17.0. The van der Waals surface area contributed by atoms with Gasteiger partial charge in [-0.1, -0.05) is 18.2 Å². The van der Waals surface area contributed by atoms with Gasteiger partial charge in [0.05, 0.1) is 25.2 Å². The highest BCUT2D eigenvalue weighted by Gasteiger charge is 2.26. The van der Waals surface area contributed by atoms with Gasteiger partial charge in [0.25, 0.3) is 0 Å². The predicted octanol–water partition coefficient (Wildman–Crippen LogP) is 2.83. The summed E-state index contributed by atoms with van der Waals surface area (Å²) in [4.78, 5) is 2.44. The van der Waals surface area contributed by atoms with Crippen LogP contribution in [0.2, 0.25) is 0 Å². The van der Waals surface area contributed by atoms with E-state index < -0.39 is 10.0 Å². The molecule has 0 spiro atoms. The standard InChI is InChI=1S/C21H24N4O3S/c1-28-20-9-7-18(8-10-20)24-13-11-17(12-14-24)23-29(26,27)21-15-22-25(16-21)19-5-3-2-4-6-19/h2-10,15-17,23H,11-14H2,1H3. The van der Waals surface area contributed by atoms with E-state index >= 15 is 0 Å². The van der Waals surface area contributed by atoms with E-state index in [9.17, 15) is 8.42 Å². The van der Waals surface area contributed by atoms with Crippen LogP contribution in [0.3, 0.4) is 0 Å². The molecule has 0 radical (unpaired) electrons. The summed E-state index contributed by atoms with van der Waals surface area (Å²) >= 11 is 0. The van der Waals surface area contributed by atoms with E-state index in [0.29, 0.717) is 0 Å². The summed E-state index contributed by atoms with van der Waals surface area (Å²) in [6, 6.07) is 17.3. The fraction of sp³-hybridized carbons (Fsp3) is 0.286. The number of methoxy groups -OCH3 is 1. The largest absolute Gasteiger partial charge is 0.497 e. The number of piperidine rings is 1. The summed E-state index contributed by atoms with van der Waals surface area (Å²) in [7, 11) is -1.96. The van der Waals surface area contributed by atoms with Crippen LogP contribution in [0.5, 0.6) is 5.75 Å². The molecule has 152 valence electrons. The first-order valence-corrected chi connectivity index (χ1v) is 11.0. The number of nitrogens with one attached hydrogen (secondary N) is 1. The molecule has 29 heavy (non-hydrogen) atoms. The highest BCUT2D eigenvalue weighted by atomic mass is 32.2. The Bertz CT molecular complexity index is 1040. The molecule has 1 aliphatic rings. The Kier molecular flexibility index (Phi) is 5.55. The number of anilines is 1. The second-order valence-electron chi connectivity index (χ2n) is 7.04. The van der Waals surface area contributed by atoms with E-state index in [0.717, 1.165) is 43.1 Å². The van der Waals surface area contributed by atoms with Crippen LogP contribution in [0.1, 0.15) is 12.8 Å². The molecule has 0 aliphatic carbocycles. The minimum Gasteiger partial charge on any atom is -0.497 e. The van der Waals surface area contributed by atoms with Gasteiger partial charge in [-0.15, -0.1) is 0 Å². The van der Waals surface area contributed by atoms with Crippen molar-refractivity contribution >= 4 is 15.7 Å². The first-order valence-electron chi connectivity index (χ1n) is 9.56. The summed E-state index contributed by atoms with van der Waals surface area (Å²) in [5.74, 6) is 0.826. The van der Waals surface area contributed by atoms with Gasteiger partial charge in [0.15, 0.2) is 0 Å². The van der Waals surface area contributed by atoms with Gasteiger partial charge in [0.1, 0.15) is 10.6 Å². The normalized spacial score (nSPS) is 15.4. The second-order valence-corrected chi connectivity index (χ2v) is 8.75. The third-order valence-electron chi connectivity index (χ3n) is 5.14. The molecule has 1 aliphatic heterocycles. The first kappa shape index (κ1) is 19.5. The summed E-state index contributed by atoms with van der Waals surface area (Å²) in [6.45, 7) is 1.59. The van der Waals surface area contributed by atoms with E-state index in [2.05, 4.69) is 14.7 Å². The first-order chi connectivity index (χ1) is 14.0. The van der Waals surface area contributed by atoms with E-state index in [1.807, 2.05) is 54.6 Å². The average Bonchev–Trinajstić information content (AvgIpc) is 3.26. The maximum Gasteiger partial charge on any atom is 0.243 e. The van der Waals surface area contributed by atoms with Crippen LogP contribution in [-0.2, 0) is 10.0 Å². The van der Waals surface area contributed by atoms with Crippen molar-refractivity contribution in [3.8, 4) is 11.4 Å². The molecule has 1 aromatic heterocycles. The van der Waals surface area contributed by atoms with Crippen LogP contribution >= 0.6 is 0 Å². The number of ether oxygens (including phenoxy) is 1. The molecule has 1 saturated heterocycles. The third-order valence-corrected chi connectivity index (χ3v) is 6.62. The number of rotatable bonds is 6. The van der Waals surface area contributed by atoms with Crippen LogP contribution in [0.15, 0.2) is 71.9 Å². The minimum absolute atomic E-state index is 0.0884. The monoisotopic (exact) mass is 412 g/mol. The highest BCUT2D eigenvalue weighted by Crippen LogP contribution is 2.23. The van der Waals surface area contributed by atoms with Gasteiger partial charge in [0, 0.05) is 24.8 Å². The van der Waals surface area contributed by atoms with Crippen molar-refractivity contribution in [2.24, 2.45) is 0 Å². The number of hydrogen-bond donors (Lipinski definition) is 1. The zero-order chi connectivity index (χ0) is 20.3. The Hall–Kier alpha value is -2.84. The molecule has 7 nitrogen and oxygen atoms in total. The van der Waals surface area contributed by atoms with E-state index in [-0.39, 0.29) is 10.9 Å². The van der Waals surface area contributed by atoms with Crippen molar-refractivity contribution in [1.29, 1.82) is 0 Å². The van der Waals surface area contributed by atoms with Gasteiger partial charge in [-0.25, -0.2) is 17.8 Å². The molecule has 8 heteroatoms. The van der Waals surface area contributed by atoms with E-state index in [1.54, 1.807) is 18.0 Å². The van der Waals surface area contributed by atoms with Crippen molar-refractivity contribution in [2.45, 2.75) is 23.8 Å². The van der Waals surface area contributed by atoms with Crippen molar-refractivity contribution in [3.63, 3.8) is 0 Å². The van der Waals surface area contributed by atoms with E-state index in [4.69, 9.17) is 4.74 Å². The Morgan fingerprint density at radius 2 is 1.69 bits per heavy atom. The van der Waals surface area contributed by atoms with Crippen molar-refractivity contribution < 1.29 is 13.2 Å². The topological polar surface area (TPSA) is 76.5 Å². The molecular weight excluding hydrogens is 388 g/mol. The molecule has 2 aromatic carbocycles. The molecule has 1 N–H and O–H groups in total. The van der Waals surface area contributed by atoms with Crippen molar-refractivity contribution in [1.82, 2.24) is 14.5 Å². The zero-order valence-electron chi connectivity index (χ0n) is 16.2. The Balaban J connectivity index is 1.38. The fourth-order valence-corrected chi connectivity index (χ4v) is 4.74. The number of sulfonamides is 1. The van der Waals surface area contributed by atoms with Crippen LogP contribution in [0.4, 0.5) is 5.69 Å². The molecule has 3 aromatic rings. The third kappa shape index (κ3) is 4.44. The molecule has 0 amide bonds. The maximum absolute atomic E-state index is 12.8. The lowest BCUT2D eigenvalue weighted by Gasteiger charge is -2.33. The molecular formula is C21H24N4O3S. The fourth-order valence-electron chi connectivity index (χ4n) is 3.50. The lowest BCUT2D eigenvalue weighted by molar-refractivity contribution is 0.414. The number of hydrogen-bond acceptors (Lipinski definition) is 5. The van der Waals surface area contributed by atoms with Gasteiger partial charge in [-0.2, -0.15) is 5.10 Å². The Morgan fingerprint density at radius 1 is 1.00 bits per heavy atom. The lowest BCUT2D eigenvalue weighted by Crippen LogP contribution is -2.44. The van der Waals surface area contributed by atoms with Crippen LogP contribution in [-0.4, -0.2) is 44.4 Å².